The quantitative estimate of drug-likeness (QED) is 0.400. The molecule has 1 atom stereocenters. The number of nitrogens with zero attached hydrogens (tertiary/aromatic N) is 3. The fourth-order valence-corrected chi connectivity index (χ4v) is 4.77. The number of aryl methyl sites for hydroxylation is 1. The summed E-state index contributed by atoms with van der Waals surface area (Å²) in [4.78, 5) is 19.9. The lowest BCUT2D eigenvalue weighted by Crippen LogP contribution is -2.43. The molecular weight excluding hydrogens is 394 g/mol. The Morgan fingerprint density at radius 1 is 1.17 bits per heavy atom. The number of amides is 1. The van der Waals surface area contributed by atoms with Crippen LogP contribution in [0.2, 0.25) is 0 Å². The van der Waals surface area contributed by atoms with Crippen LogP contribution in [0.25, 0.3) is 11.0 Å². The number of ether oxygens (including phenoxy) is 1. The molecular formula is C24H29N3O2S. The Bertz CT molecular complexity index is 999. The minimum atomic E-state index is 0.183. The fourth-order valence-electron chi connectivity index (χ4n) is 3.94. The number of likely N-dealkylation sites (tertiary alicyclic amines) is 1. The third-order valence-corrected chi connectivity index (χ3v) is 6.58. The molecule has 1 aliphatic rings. The third-order valence-electron chi connectivity index (χ3n) is 5.64. The molecule has 0 N–H and O–H groups in total. The van der Waals surface area contributed by atoms with Gasteiger partial charge in [0.2, 0.25) is 5.91 Å². The zero-order valence-corrected chi connectivity index (χ0v) is 18.5. The second-order valence-electron chi connectivity index (χ2n) is 7.91. The Balaban J connectivity index is 1.44. The molecule has 158 valence electrons. The second-order valence-corrected chi connectivity index (χ2v) is 8.97. The first kappa shape index (κ1) is 20.8. The van der Waals surface area contributed by atoms with E-state index in [4.69, 9.17) is 9.72 Å². The largest absolute Gasteiger partial charge is 0.493 e. The average Bonchev–Trinajstić information content (AvgIpc) is 3.10. The van der Waals surface area contributed by atoms with E-state index in [0.717, 1.165) is 47.1 Å². The van der Waals surface area contributed by atoms with Crippen molar-refractivity contribution < 1.29 is 9.53 Å². The summed E-state index contributed by atoms with van der Waals surface area (Å²) in [5.41, 5.74) is 3.16. The van der Waals surface area contributed by atoms with Gasteiger partial charge in [-0.05, 0) is 57.4 Å². The van der Waals surface area contributed by atoms with Gasteiger partial charge in [0.1, 0.15) is 12.3 Å². The van der Waals surface area contributed by atoms with Crippen LogP contribution < -0.4 is 4.74 Å². The van der Waals surface area contributed by atoms with Gasteiger partial charge in [0.05, 0.1) is 17.6 Å². The van der Waals surface area contributed by atoms with Crippen LogP contribution in [0.5, 0.6) is 5.75 Å². The lowest BCUT2D eigenvalue weighted by atomic mass is 10.0. The van der Waals surface area contributed by atoms with Crippen molar-refractivity contribution in [1.82, 2.24) is 14.5 Å². The van der Waals surface area contributed by atoms with Gasteiger partial charge in [0.15, 0.2) is 5.16 Å². The maximum atomic E-state index is 13.1. The van der Waals surface area contributed by atoms with Crippen LogP contribution in [-0.4, -0.2) is 45.3 Å². The molecule has 1 amide bonds. The summed E-state index contributed by atoms with van der Waals surface area (Å²) in [7, 11) is 0. The van der Waals surface area contributed by atoms with Crippen molar-refractivity contribution in [2.24, 2.45) is 0 Å². The number of imidazole rings is 1. The molecule has 0 spiro atoms. The van der Waals surface area contributed by atoms with E-state index in [1.807, 2.05) is 41.3 Å². The minimum absolute atomic E-state index is 0.183. The first-order valence-corrected chi connectivity index (χ1v) is 11.7. The number of carbonyl (C=O) groups is 1. The summed E-state index contributed by atoms with van der Waals surface area (Å²) in [6.07, 6.45) is 3.40. The van der Waals surface area contributed by atoms with Gasteiger partial charge in [-0.3, -0.25) is 4.79 Å². The molecule has 30 heavy (non-hydrogen) atoms. The van der Waals surface area contributed by atoms with Crippen LogP contribution in [0.1, 0.15) is 31.7 Å². The molecule has 1 aromatic heterocycles. The van der Waals surface area contributed by atoms with E-state index in [0.29, 0.717) is 19.2 Å². The molecule has 1 unspecified atom stereocenters. The number of piperidine rings is 1. The zero-order chi connectivity index (χ0) is 20.9. The van der Waals surface area contributed by atoms with Crippen LogP contribution in [-0.2, 0) is 11.3 Å². The summed E-state index contributed by atoms with van der Waals surface area (Å²) >= 11 is 1.64. The number of fused-ring (bicyclic) bond motifs is 1. The van der Waals surface area contributed by atoms with E-state index in [2.05, 4.69) is 30.5 Å². The minimum Gasteiger partial charge on any atom is -0.493 e. The van der Waals surface area contributed by atoms with Crippen molar-refractivity contribution in [3.8, 4) is 5.75 Å². The highest BCUT2D eigenvalue weighted by molar-refractivity contribution is 7.99. The highest BCUT2D eigenvalue weighted by Crippen LogP contribution is 2.25. The Morgan fingerprint density at radius 2 is 1.97 bits per heavy atom. The van der Waals surface area contributed by atoms with E-state index in [1.54, 1.807) is 11.8 Å². The predicted molar refractivity (Wildman–Crippen MR) is 122 cm³/mol. The molecule has 5 nitrogen and oxygen atoms in total. The normalized spacial score (nSPS) is 16.7. The summed E-state index contributed by atoms with van der Waals surface area (Å²) in [6, 6.07) is 16.5. The number of thioether (sulfide) groups is 1. The highest BCUT2D eigenvalue weighted by atomic mass is 32.2. The number of rotatable bonds is 7. The second kappa shape index (κ2) is 9.56. The molecule has 3 aromatic rings. The van der Waals surface area contributed by atoms with Gasteiger partial charge in [0.25, 0.3) is 0 Å². The lowest BCUT2D eigenvalue weighted by molar-refractivity contribution is -0.135. The Kier molecular flexibility index (Phi) is 6.62. The molecule has 0 bridgehead atoms. The Hall–Kier alpha value is -2.47. The van der Waals surface area contributed by atoms with Crippen molar-refractivity contribution in [1.29, 1.82) is 0 Å². The molecule has 6 heteroatoms. The van der Waals surface area contributed by atoms with Crippen molar-refractivity contribution in [3.63, 3.8) is 0 Å². The predicted octanol–water partition coefficient (Wildman–Crippen LogP) is 4.92. The third kappa shape index (κ3) is 4.81. The van der Waals surface area contributed by atoms with Gasteiger partial charge in [0, 0.05) is 18.3 Å². The monoisotopic (exact) mass is 423 g/mol. The topological polar surface area (TPSA) is 47.4 Å². The van der Waals surface area contributed by atoms with E-state index >= 15 is 0 Å². The number of para-hydroxylation sites is 2. The molecule has 1 saturated heterocycles. The van der Waals surface area contributed by atoms with Gasteiger partial charge in [-0.2, -0.15) is 0 Å². The Labute approximate surface area is 182 Å². The first-order chi connectivity index (χ1) is 14.6. The smallest absolute Gasteiger partial charge is 0.242 e. The number of carbonyl (C=O) groups excluding carboxylic acids is 1. The van der Waals surface area contributed by atoms with Crippen LogP contribution in [0, 0.1) is 6.92 Å². The maximum absolute atomic E-state index is 13.1. The van der Waals surface area contributed by atoms with Crippen LogP contribution in [0.4, 0.5) is 0 Å². The molecule has 0 aliphatic carbocycles. The van der Waals surface area contributed by atoms with Crippen LogP contribution >= 0.6 is 11.8 Å². The Morgan fingerprint density at radius 3 is 2.77 bits per heavy atom. The summed E-state index contributed by atoms with van der Waals surface area (Å²) in [5.74, 6) is 1.83. The molecule has 2 aromatic carbocycles. The van der Waals surface area contributed by atoms with E-state index in [9.17, 15) is 4.79 Å². The summed E-state index contributed by atoms with van der Waals surface area (Å²) in [5, 5.41) is 0.877. The number of hydrogen-bond donors (Lipinski definition) is 0. The van der Waals surface area contributed by atoms with E-state index in [1.165, 1.54) is 12.0 Å². The van der Waals surface area contributed by atoms with Gasteiger partial charge < -0.3 is 14.2 Å². The molecule has 1 fully saturated rings. The maximum Gasteiger partial charge on any atom is 0.242 e. The highest BCUT2D eigenvalue weighted by Gasteiger charge is 2.24. The van der Waals surface area contributed by atoms with Crippen LogP contribution in [0.3, 0.4) is 0 Å². The van der Waals surface area contributed by atoms with Gasteiger partial charge >= 0.3 is 0 Å². The van der Waals surface area contributed by atoms with Crippen molar-refractivity contribution >= 4 is 28.7 Å². The van der Waals surface area contributed by atoms with Gasteiger partial charge in [-0.15, -0.1) is 0 Å². The molecule has 2 heterocycles. The average molecular weight is 424 g/mol. The van der Waals surface area contributed by atoms with E-state index < -0.39 is 0 Å². The number of hydrogen-bond acceptors (Lipinski definition) is 4. The lowest BCUT2D eigenvalue weighted by Gasteiger charge is -2.33. The van der Waals surface area contributed by atoms with E-state index in [-0.39, 0.29) is 5.91 Å². The summed E-state index contributed by atoms with van der Waals surface area (Å²) < 4.78 is 7.92. The zero-order valence-electron chi connectivity index (χ0n) is 17.7. The molecule has 4 rings (SSSR count). The molecule has 0 radical (unpaired) electrons. The summed E-state index contributed by atoms with van der Waals surface area (Å²) in [6.45, 7) is 6.01. The fraction of sp³-hybridized carbons (Fsp3) is 0.417. The SMILES string of the molecule is Cc1ccc(OCCSc2nc3ccccc3n2CC(=O)N2CCCCC2C)cc1. The standard InChI is InChI=1S/C24H29N3O2S/c1-18-10-12-20(13-11-18)29-15-16-30-24-25-21-8-3-4-9-22(21)27(24)17-23(28)26-14-6-5-7-19(26)2/h3-4,8-13,19H,5-7,14-17H2,1-2H3. The van der Waals surface area contributed by atoms with Gasteiger partial charge in [-0.1, -0.05) is 41.6 Å². The first-order valence-electron chi connectivity index (χ1n) is 10.7. The van der Waals surface area contributed by atoms with Crippen molar-refractivity contribution in [2.75, 3.05) is 18.9 Å². The van der Waals surface area contributed by atoms with Crippen LogP contribution in [0.15, 0.2) is 53.7 Å². The van der Waals surface area contributed by atoms with Crippen molar-refractivity contribution in [3.05, 3.63) is 54.1 Å². The van der Waals surface area contributed by atoms with Crippen molar-refractivity contribution in [2.45, 2.75) is 50.9 Å². The molecule has 1 aliphatic heterocycles. The number of aromatic nitrogens is 2. The number of benzene rings is 2. The molecule has 0 saturated carbocycles. The van der Waals surface area contributed by atoms with Gasteiger partial charge in [-0.25, -0.2) is 4.98 Å².